The molecule has 0 aliphatic carbocycles. The molecule has 32 heavy (non-hydrogen) atoms. The minimum Gasteiger partial charge on any atom is -0.475 e. The molecule has 0 spiro atoms. The molecule has 0 amide bonds. The molecule has 3 aromatic rings. The fourth-order valence-corrected chi connectivity index (χ4v) is 4.38. The fourth-order valence-electron chi connectivity index (χ4n) is 3.75. The molecule has 10 heteroatoms. The molecule has 1 aromatic carbocycles. The van der Waals surface area contributed by atoms with Gasteiger partial charge in [-0.1, -0.05) is 17.3 Å². The van der Waals surface area contributed by atoms with E-state index in [4.69, 9.17) is 14.0 Å². The highest BCUT2D eigenvalue weighted by molar-refractivity contribution is 7.90. The molecule has 1 fully saturated rings. The van der Waals surface area contributed by atoms with Crippen LogP contribution in [0.3, 0.4) is 0 Å². The first-order valence-corrected chi connectivity index (χ1v) is 12.3. The first-order valence-electron chi connectivity index (χ1n) is 10.4. The average Bonchev–Trinajstić information content (AvgIpc) is 3.43. The molecule has 1 aliphatic heterocycles. The third kappa shape index (κ3) is 5.14. The first kappa shape index (κ1) is 22.4. The van der Waals surface area contributed by atoms with E-state index in [0.29, 0.717) is 47.8 Å². The van der Waals surface area contributed by atoms with Gasteiger partial charge in [-0.3, -0.25) is 4.90 Å². The van der Waals surface area contributed by atoms with E-state index in [2.05, 4.69) is 20.0 Å². The number of sulfone groups is 1. The van der Waals surface area contributed by atoms with Crippen LogP contribution in [0.1, 0.15) is 30.3 Å². The van der Waals surface area contributed by atoms with Crippen LogP contribution in [-0.2, 0) is 21.1 Å². The highest BCUT2D eigenvalue weighted by Crippen LogP contribution is 2.34. The van der Waals surface area contributed by atoms with Crippen LogP contribution in [0, 0.1) is 0 Å². The van der Waals surface area contributed by atoms with Gasteiger partial charge in [0.25, 0.3) is 0 Å². The van der Waals surface area contributed by atoms with E-state index in [1.807, 2.05) is 18.2 Å². The van der Waals surface area contributed by atoms with Gasteiger partial charge in [0.2, 0.25) is 17.6 Å². The molecule has 1 saturated heterocycles. The van der Waals surface area contributed by atoms with E-state index in [0.717, 1.165) is 24.9 Å². The van der Waals surface area contributed by atoms with Crippen molar-refractivity contribution in [2.75, 3.05) is 33.1 Å². The van der Waals surface area contributed by atoms with Crippen molar-refractivity contribution in [3.63, 3.8) is 0 Å². The van der Waals surface area contributed by atoms with Crippen molar-refractivity contribution < 1.29 is 22.4 Å². The van der Waals surface area contributed by atoms with Crippen molar-refractivity contribution in [3.8, 4) is 17.3 Å². The van der Waals surface area contributed by atoms with Crippen LogP contribution in [0.5, 0.6) is 5.88 Å². The smallest absolute Gasteiger partial charge is 0.244 e. The van der Waals surface area contributed by atoms with E-state index in [1.54, 1.807) is 31.5 Å². The molecular weight excluding hydrogens is 432 g/mol. The molecule has 4 rings (SSSR count). The van der Waals surface area contributed by atoms with Gasteiger partial charge in [0.15, 0.2) is 9.84 Å². The number of ether oxygens (including phenoxy) is 2. The van der Waals surface area contributed by atoms with Crippen molar-refractivity contribution in [1.29, 1.82) is 0 Å². The monoisotopic (exact) mass is 458 g/mol. The quantitative estimate of drug-likeness (QED) is 0.447. The van der Waals surface area contributed by atoms with Gasteiger partial charge in [-0.2, -0.15) is 4.98 Å². The minimum atomic E-state index is -3.20. The number of methoxy groups -OCH3 is 1. The maximum Gasteiger partial charge on any atom is 0.244 e. The van der Waals surface area contributed by atoms with Crippen LogP contribution in [-0.4, -0.2) is 61.6 Å². The molecule has 170 valence electrons. The van der Waals surface area contributed by atoms with Crippen LogP contribution in [0.4, 0.5) is 0 Å². The number of pyridine rings is 1. The second-order valence-electron chi connectivity index (χ2n) is 7.70. The van der Waals surface area contributed by atoms with Crippen molar-refractivity contribution in [2.45, 2.75) is 30.3 Å². The Labute approximate surface area is 187 Å². The van der Waals surface area contributed by atoms with Gasteiger partial charge in [-0.05, 0) is 49.2 Å². The maximum atomic E-state index is 11.7. The average molecular weight is 459 g/mol. The van der Waals surface area contributed by atoms with Crippen LogP contribution >= 0.6 is 0 Å². The van der Waals surface area contributed by atoms with Crippen LogP contribution < -0.4 is 4.74 Å². The SMILES string of the molecule is COCCOc1ncccc1-c1noc([C@H]2CCCN2Cc2ccc(S(C)(=O)=O)cc2)n1. The Morgan fingerprint density at radius 3 is 2.75 bits per heavy atom. The maximum absolute atomic E-state index is 11.7. The van der Waals surface area contributed by atoms with Crippen LogP contribution in [0.15, 0.2) is 52.0 Å². The molecule has 0 radical (unpaired) electrons. The molecule has 0 bridgehead atoms. The van der Waals surface area contributed by atoms with Gasteiger partial charge in [0, 0.05) is 26.1 Å². The lowest BCUT2D eigenvalue weighted by Gasteiger charge is -2.21. The van der Waals surface area contributed by atoms with Gasteiger partial charge < -0.3 is 14.0 Å². The van der Waals surface area contributed by atoms with E-state index >= 15 is 0 Å². The number of aromatic nitrogens is 3. The summed E-state index contributed by atoms with van der Waals surface area (Å²) in [6.07, 6.45) is 4.79. The van der Waals surface area contributed by atoms with E-state index in [-0.39, 0.29) is 6.04 Å². The van der Waals surface area contributed by atoms with Crippen molar-refractivity contribution in [2.24, 2.45) is 0 Å². The Bertz CT molecular complexity index is 1150. The van der Waals surface area contributed by atoms with Gasteiger partial charge in [0.05, 0.1) is 23.1 Å². The molecule has 2 aromatic heterocycles. The van der Waals surface area contributed by atoms with Gasteiger partial charge in [0.1, 0.15) is 6.61 Å². The fraction of sp³-hybridized carbons (Fsp3) is 0.409. The predicted molar refractivity (Wildman–Crippen MR) is 117 cm³/mol. The Hall–Kier alpha value is -2.82. The lowest BCUT2D eigenvalue weighted by atomic mass is 10.2. The topological polar surface area (TPSA) is 108 Å². The highest BCUT2D eigenvalue weighted by Gasteiger charge is 2.31. The third-order valence-electron chi connectivity index (χ3n) is 5.37. The van der Waals surface area contributed by atoms with Crippen molar-refractivity contribution in [1.82, 2.24) is 20.0 Å². The first-order chi connectivity index (χ1) is 15.5. The highest BCUT2D eigenvalue weighted by atomic mass is 32.2. The molecule has 1 aliphatic rings. The second-order valence-corrected chi connectivity index (χ2v) is 9.71. The molecule has 0 saturated carbocycles. The molecule has 0 N–H and O–H groups in total. The Balaban J connectivity index is 1.49. The normalized spacial score (nSPS) is 17.0. The van der Waals surface area contributed by atoms with E-state index < -0.39 is 9.84 Å². The van der Waals surface area contributed by atoms with E-state index in [1.165, 1.54) is 6.26 Å². The summed E-state index contributed by atoms with van der Waals surface area (Å²) >= 11 is 0. The third-order valence-corrected chi connectivity index (χ3v) is 6.49. The summed E-state index contributed by atoms with van der Waals surface area (Å²) < 4.78 is 39.7. The van der Waals surface area contributed by atoms with Crippen molar-refractivity contribution in [3.05, 3.63) is 54.0 Å². The summed E-state index contributed by atoms with van der Waals surface area (Å²) in [4.78, 5) is 11.5. The zero-order valence-electron chi connectivity index (χ0n) is 18.1. The molecule has 1 atom stereocenters. The molecule has 3 heterocycles. The lowest BCUT2D eigenvalue weighted by Crippen LogP contribution is -2.23. The van der Waals surface area contributed by atoms with Crippen LogP contribution in [0.25, 0.3) is 11.4 Å². The zero-order chi connectivity index (χ0) is 22.6. The van der Waals surface area contributed by atoms with Gasteiger partial charge >= 0.3 is 0 Å². The van der Waals surface area contributed by atoms with Gasteiger partial charge in [-0.15, -0.1) is 0 Å². The number of likely N-dealkylation sites (tertiary alicyclic amines) is 1. The standard InChI is InChI=1S/C22H26N4O5S/c1-29-13-14-30-21-18(5-3-11-23-21)20-24-22(31-25-20)19-6-4-12-26(19)15-16-7-9-17(10-8-16)32(2,27)28/h3,5,7-11,19H,4,6,12-15H2,1-2H3/t19-/m1/s1. The number of hydrogen-bond acceptors (Lipinski definition) is 9. The summed E-state index contributed by atoms with van der Waals surface area (Å²) in [7, 11) is -1.59. The zero-order valence-corrected chi connectivity index (χ0v) is 18.9. The number of rotatable bonds is 9. The summed E-state index contributed by atoms with van der Waals surface area (Å²) in [6.45, 7) is 2.40. The molecule has 0 unspecified atom stereocenters. The summed E-state index contributed by atoms with van der Waals surface area (Å²) in [5.41, 5.74) is 1.70. The number of hydrogen-bond donors (Lipinski definition) is 0. The minimum absolute atomic E-state index is 0.000338. The lowest BCUT2D eigenvalue weighted by molar-refractivity contribution is 0.144. The molecule has 9 nitrogen and oxygen atoms in total. The number of benzene rings is 1. The Morgan fingerprint density at radius 2 is 2.00 bits per heavy atom. The summed E-state index contributed by atoms with van der Waals surface area (Å²) in [5, 5.41) is 4.17. The van der Waals surface area contributed by atoms with E-state index in [9.17, 15) is 8.42 Å². The largest absolute Gasteiger partial charge is 0.475 e. The number of nitrogens with zero attached hydrogens (tertiary/aromatic N) is 4. The summed E-state index contributed by atoms with van der Waals surface area (Å²) in [6, 6.07) is 10.6. The predicted octanol–water partition coefficient (Wildman–Crippen LogP) is 2.90. The Kier molecular flexibility index (Phi) is 6.83. The van der Waals surface area contributed by atoms with Crippen molar-refractivity contribution >= 4 is 9.84 Å². The van der Waals surface area contributed by atoms with Gasteiger partial charge in [-0.25, -0.2) is 13.4 Å². The second kappa shape index (κ2) is 9.76. The Morgan fingerprint density at radius 1 is 1.19 bits per heavy atom. The molecular formula is C22H26N4O5S. The summed E-state index contributed by atoms with van der Waals surface area (Å²) in [5.74, 6) is 1.42. The van der Waals surface area contributed by atoms with Crippen LogP contribution in [0.2, 0.25) is 0 Å².